The molecular weight excluding hydrogens is 228 g/mol. The molecular formula is C14H16N2O2. The molecule has 4 nitrogen and oxygen atoms in total. The van der Waals surface area contributed by atoms with Gasteiger partial charge >= 0.3 is 0 Å². The molecule has 0 saturated heterocycles. The number of benzene rings is 1. The third kappa shape index (κ3) is 2.27. The van der Waals surface area contributed by atoms with Crippen LogP contribution in [-0.2, 0) is 0 Å². The van der Waals surface area contributed by atoms with Gasteiger partial charge in [0.15, 0.2) is 0 Å². The molecule has 0 radical (unpaired) electrons. The van der Waals surface area contributed by atoms with Crippen molar-refractivity contribution in [3.8, 4) is 17.0 Å². The number of aromatic amines is 1. The van der Waals surface area contributed by atoms with Crippen LogP contribution in [-0.4, -0.2) is 17.1 Å². The standard InChI is InChI=1S/C14H16N2O2/c1-8-5-9(2)14(12(6-8)18-4)11-7-13(17)16-10(3)15-11/h5-7H,1-4H3,(H,15,16,17). The highest BCUT2D eigenvalue weighted by Crippen LogP contribution is 2.32. The number of hydrogen-bond donors (Lipinski definition) is 1. The third-order valence-electron chi connectivity index (χ3n) is 2.78. The number of aromatic nitrogens is 2. The molecule has 0 saturated carbocycles. The number of nitrogens with one attached hydrogen (secondary N) is 1. The number of rotatable bonds is 2. The summed E-state index contributed by atoms with van der Waals surface area (Å²) in [6.07, 6.45) is 0. The number of aryl methyl sites for hydroxylation is 3. The molecule has 0 unspecified atom stereocenters. The summed E-state index contributed by atoms with van der Waals surface area (Å²) in [7, 11) is 1.62. The lowest BCUT2D eigenvalue weighted by atomic mass is 10.0. The minimum Gasteiger partial charge on any atom is -0.496 e. The average molecular weight is 244 g/mol. The van der Waals surface area contributed by atoms with Crippen molar-refractivity contribution in [2.24, 2.45) is 0 Å². The van der Waals surface area contributed by atoms with Crippen molar-refractivity contribution < 1.29 is 4.74 Å². The van der Waals surface area contributed by atoms with E-state index in [9.17, 15) is 4.79 Å². The number of hydrogen-bond acceptors (Lipinski definition) is 3. The Morgan fingerprint density at radius 1 is 1.17 bits per heavy atom. The molecule has 94 valence electrons. The fourth-order valence-corrected chi connectivity index (χ4v) is 2.13. The minimum absolute atomic E-state index is 0.153. The summed E-state index contributed by atoms with van der Waals surface area (Å²) in [4.78, 5) is 18.5. The van der Waals surface area contributed by atoms with Gasteiger partial charge in [0, 0.05) is 11.6 Å². The Kier molecular flexibility index (Phi) is 3.19. The lowest BCUT2D eigenvalue weighted by molar-refractivity contribution is 0.415. The van der Waals surface area contributed by atoms with Gasteiger partial charge in [-0.15, -0.1) is 0 Å². The topological polar surface area (TPSA) is 55.0 Å². The van der Waals surface area contributed by atoms with E-state index in [-0.39, 0.29) is 5.56 Å². The van der Waals surface area contributed by atoms with E-state index in [0.29, 0.717) is 11.5 Å². The second kappa shape index (κ2) is 4.64. The van der Waals surface area contributed by atoms with Gasteiger partial charge in [0.25, 0.3) is 5.56 Å². The summed E-state index contributed by atoms with van der Waals surface area (Å²) in [6.45, 7) is 5.76. The Morgan fingerprint density at radius 2 is 1.89 bits per heavy atom. The van der Waals surface area contributed by atoms with Crippen molar-refractivity contribution in [3.63, 3.8) is 0 Å². The van der Waals surface area contributed by atoms with E-state index in [1.807, 2.05) is 19.9 Å². The Bertz CT molecular complexity index is 645. The Morgan fingerprint density at radius 3 is 2.50 bits per heavy atom. The van der Waals surface area contributed by atoms with Gasteiger partial charge in [-0.25, -0.2) is 4.98 Å². The number of ether oxygens (including phenoxy) is 1. The fourth-order valence-electron chi connectivity index (χ4n) is 2.13. The van der Waals surface area contributed by atoms with Crippen LogP contribution in [0.5, 0.6) is 5.75 Å². The SMILES string of the molecule is COc1cc(C)cc(C)c1-c1cc(=O)[nH]c(C)n1. The molecule has 0 fully saturated rings. The van der Waals surface area contributed by atoms with Crippen LogP contribution in [0.2, 0.25) is 0 Å². The summed E-state index contributed by atoms with van der Waals surface area (Å²) < 4.78 is 5.39. The van der Waals surface area contributed by atoms with Crippen molar-refractivity contribution in [1.29, 1.82) is 0 Å². The van der Waals surface area contributed by atoms with Gasteiger partial charge in [-0.05, 0) is 38.0 Å². The van der Waals surface area contributed by atoms with E-state index in [4.69, 9.17) is 4.74 Å². The molecule has 4 heteroatoms. The molecule has 1 aromatic carbocycles. The number of nitrogens with zero attached hydrogens (tertiary/aromatic N) is 1. The maximum Gasteiger partial charge on any atom is 0.251 e. The van der Waals surface area contributed by atoms with E-state index < -0.39 is 0 Å². The van der Waals surface area contributed by atoms with E-state index >= 15 is 0 Å². The zero-order chi connectivity index (χ0) is 13.3. The fraction of sp³-hybridized carbons (Fsp3) is 0.286. The van der Waals surface area contributed by atoms with Crippen molar-refractivity contribution in [3.05, 3.63) is 45.5 Å². The van der Waals surface area contributed by atoms with Crippen molar-refractivity contribution in [2.45, 2.75) is 20.8 Å². The van der Waals surface area contributed by atoms with Crippen LogP contribution < -0.4 is 10.3 Å². The highest BCUT2D eigenvalue weighted by Gasteiger charge is 2.12. The molecule has 2 aromatic rings. The molecule has 0 spiro atoms. The van der Waals surface area contributed by atoms with Gasteiger partial charge in [0.2, 0.25) is 0 Å². The van der Waals surface area contributed by atoms with E-state index in [0.717, 1.165) is 22.4 Å². The molecule has 2 rings (SSSR count). The summed E-state index contributed by atoms with van der Waals surface area (Å²) in [5.41, 5.74) is 3.53. The van der Waals surface area contributed by atoms with Crippen LogP contribution in [0.25, 0.3) is 11.3 Å². The van der Waals surface area contributed by atoms with Crippen LogP contribution in [0, 0.1) is 20.8 Å². The summed E-state index contributed by atoms with van der Waals surface area (Å²) >= 11 is 0. The van der Waals surface area contributed by atoms with Crippen LogP contribution in [0.15, 0.2) is 23.0 Å². The van der Waals surface area contributed by atoms with Gasteiger partial charge in [0.1, 0.15) is 11.6 Å². The third-order valence-corrected chi connectivity index (χ3v) is 2.78. The molecule has 0 aliphatic carbocycles. The largest absolute Gasteiger partial charge is 0.496 e. The molecule has 0 bridgehead atoms. The summed E-state index contributed by atoms with van der Waals surface area (Å²) in [5.74, 6) is 1.34. The number of H-pyrrole nitrogens is 1. The maximum absolute atomic E-state index is 11.5. The maximum atomic E-state index is 11.5. The first kappa shape index (κ1) is 12.4. The first-order valence-corrected chi connectivity index (χ1v) is 5.75. The quantitative estimate of drug-likeness (QED) is 0.882. The minimum atomic E-state index is -0.153. The smallest absolute Gasteiger partial charge is 0.251 e. The van der Waals surface area contributed by atoms with Crippen LogP contribution in [0.4, 0.5) is 0 Å². The van der Waals surface area contributed by atoms with Gasteiger partial charge < -0.3 is 9.72 Å². The van der Waals surface area contributed by atoms with Gasteiger partial charge in [-0.2, -0.15) is 0 Å². The molecule has 1 N–H and O–H groups in total. The first-order valence-electron chi connectivity index (χ1n) is 5.75. The van der Waals surface area contributed by atoms with Gasteiger partial charge in [-0.3, -0.25) is 4.79 Å². The van der Waals surface area contributed by atoms with Crippen LogP contribution >= 0.6 is 0 Å². The Hall–Kier alpha value is -2.10. The van der Waals surface area contributed by atoms with Crippen molar-refractivity contribution in [2.75, 3.05) is 7.11 Å². The molecule has 0 amide bonds. The van der Waals surface area contributed by atoms with E-state index in [1.54, 1.807) is 14.0 Å². The van der Waals surface area contributed by atoms with Crippen LogP contribution in [0.3, 0.4) is 0 Å². The lowest BCUT2D eigenvalue weighted by Gasteiger charge is -2.12. The van der Waals surface area contributed by atoms with E-state index in [2.05, 4.69) is 16.0 Å². The molecule has 1 heterocycles. The summed E-state index contributed by atoms with van der Waals surface area (Å²) in [6, 6.07) is 5.49. The van der Waals surface area contributed by atoms with E-state index in [1.165, 1.54) is 6.07 Å². The monoisotopic (exact) mass is 244 g/mol. The Labute approximate surface area is 106 Å². The van der Waals surface area contributed by atoms with Gasteiger partial charge in [0.05, 0.1) is 12.8 Å². The Balaban J connectivity index is 2.73. The van der Waals surface area contributed by atoms with Crippen LogP contribution in [0.1, 0.15) is 17.0 Å². The highest BCUT2D eigenvalue weighted by molar-refractivity contribution is 5.71. The van der Waals surface area contributed by atoms with Crippen molar-refractivity contribution in [1.82, 2.24) is 9.97 Å². The molecule has 0 atom stereocenters. The first-order chi connectivity index (χ1) is 8.51. The lowest BCUT2D eigenvalue weighted by Crippen LogP contribution is -2.09. The summed E-state index contributed by atoms with van der Waals surface area (Å²) in [5, 5.41) is 0. The molecule has 0 aliphatic heterocycles. The predicted molar refractivity (Wildman–Crippen MR) is 71.1 cm³/mol. The van der Waals surface area contributed by atoms with Gasteiger partial charge in [-0.1, -0.05) is 6.07 Å². The number of methoxy groups -OCH3 is 1. The zero-order valence-corrected chi connectivity index (χ0v) is 11.0. The second-order valence-corrected chi connectivity index (χ2v) is 4.38. The highest BCUT2D eigenvalue weighted by atomic mass is 16.5. The zero-order valence-electron chi connectivity index (χ0n) is 11.0. The second-order valence-electron chi connectivity index (χ2n) is 4.38. The average Bonchev–Trinajstić information content (AvgIpc) is 2.26. The molecule has 0 aliphatic rings. The van der Waals surface area contributed by atoms with Crippen molar-refractivity contribution >= 4 is 0 Å². The molecule has 1 aromatic heterocycles. The normalized spacial score (nSPS) is 10.4. The molecule has 18 heavy (non-hydrogen) atoms. The predicted octanol–water partition coefficient (Wildman–Crippen LogP) is 2.37.